The Balaban J connectivity index is 2.10. The minimum atomic E-state index is -0.314. The Kier molecular flexibility index (Phi) is 4.93. The van der Waals surface area contributed by atoms with Crippen molar-refractivity contribution in [2.45, 2.75) is 20.1 Å². The Morgan fingerprint density at radius 1 is 1.05 bits per heavy atom. The first-order valence-corrected chi connectivity index (χ1v) is 6.46. The average Bonchev–Trinajstić information content (AvgIpc) is 2.45. The van der Waals surface area contributed by atoms with Gasteiger partial charge >= 0.3 is 0 Å². The van der Waals surface area contributed by atoms with Crippen molar-refractivity contribution in [1.29, 1.82) is 0 Å². The highest BCUT2D eigenvalue weighted by Crippen LogP contribution is 2.23. The molecular formula is C16H18FNO. The molecule has 0 aliphatic heterocycles. The Morgan fingerprint density at radius 3 is 2.58 bits per heavy atom. The molecule has 2 nitrogen and oxygen atoms in total. The molecule has 0 atom stereocenters. The van der Waals surface area contributed by atoms with E-state index in [0.717, 1.165) is 17.7 Å². The Bertz CT molecular complexity index is 513. The summed E-state index contributed by atoms with van der Waals surface area (Å²) < 4.78 is 19.5. The molecule has 0 saturated carbocycles. The van der Waals surface area contributed by atoms with Crippen molar-refractivity contribution in [3.05, 3.63) is 65.5 Å². The van der Waals surface area contributed by atoms with Crippen molar-refractivity contribution in [3.63, 3.8) is 0 Å². The highest BCUT2D eigenvalue weighted by atomic mass is 19.1. The highest BCUT2D eigenvalue weighted by Gasteiger charge is 2.09. The fraction of sp³-hybridized carbons (Fsp3) is 0.250. The average molecular weight is 259 g/mol. The van der Waals surface area contributed by atoms with Crippen LogP contribution in [0.4, 0.5) is 4.39 Å². The van der Waals surface area contributed by atoms with Crippen molar-refractivity contribution in [2.75, 3.05) is 6.54 Å². The van der Waals surface area contributed by atoms with Gasteiger partial charge in [-0.05, 0) is 18.2 Å². The lowest BCUT2D eigenvalue weighted by Crippen LogP contribution is -2.13. The maximum absolute atomic E-state index is 13.8. The molecule has 0 fully saturated rings. The summed E-state index contributed by atoms with van der Waals surface area (Å²) in [4.78, 5) is 0. The van der Waals surface area contributed by atoms with Crippen molar-refractivity contribution >= 4 is 0 Å². The van der Waals surface area contributed by atoms with Crippen molar-refractivity contribution in [1.82, 2.24) is 5.32 Å². The largest absolute Gasteiger partial charge is 0.485 e. The number of rotatable bonds is 6. The zero-order valence-electron chi connectivity index (χ0n) is 11.0. The molecule has 0 spiro atoms. The van der Waals surface area contributed by atoms with Crippen LogP contribution in [-0.4, -0.2) is 6.54 Å². The maximum Gasteiger partial charge on any atom is 0.165 e. The zero-order valence-corrected chi connectivity index (χ0v) is 11.0. The lowest BCUT2D eigenvalue weighted by atomic mass is 10.2. The Morgan fingerprint density at radius 2 is 1.84 bits per heavy atom. The van der Waals surface area contributed by atoms with E-state index in [-0.39, 0.29) is 5.82 Å². The summed E-state index contributed by atoms with van der Waals surface area (Å²) in [5.41, 5.74) is 1.87. The first kappa shape index (κ1) is 13.6. The molecule has 2 aromatic carbocycles. The van der Waals surface area contributed by atoms with Gasteiger partial charge in [0.2, 0.25) is 0 Å². The molecule has 19 heavy (non-hydrogen) atoms. The van der Waals surface area contributed by atoms with Crippen LogP contribution >= 0.6 is 0 Å². The molecule has 0 unspecified atom stereocenters. The molecule has 100 valence electrons. The van der Waals surface area contributed by atoms with E-state index >= 15 is 0 Å². The molecule has 1 N–H and O–H groups in total. The van der Waals surface area contributed by atoms with Gasteiger partial charge in [0.05, 0.1) is 0 Å². The topological polar surface area (TPSA) is 21.3 Å². The molecule has 2 rings (SSSR count). The van der Waals surface area contributed by atoms with Gasteiger partial charge in [-0.15, -0.1) is 0 Å². The van der Waals surface area contributed by atoms with Gasteiger partial charge in [0.25, 0.3) is 0 Å². The molecule has 0 amide bonds. The minimum absolute atomic E-state index is 0.314. The smallest absolute Gasteiger partial charge is 0.165 e. The molecule has 0 radical (unpaired) electrons. The Hall–Kier alpha value is -1.87. The molecular weight excluding hydrogens is 241 g/mol. The molecule has 0 aromatic heterocycles. The number of nitrogens with one attached hydrogen (secondary N) is 1. The summed E-state index contributed by atoms with van der Waals surface area (Å²) in [6.45, 7) is 3.84. The monoisotopic (exact) mass is 259 g/mol. The van der Waals surface area contributed by atoms with Crippen LogP contribution in [-0.2, 0) is 13.2 Å². The molecule has 0 saturated heterocycles. The zero-order chi connectivity index (χ0) is 13.5. The van der Waals surface area contributed by atoms with Crippen LogP contribution in [0.2, 0.25) is 0 Å². The number of hydrogen-bond donors (Lipinski definition) is 1. The maximum atomic E-state index is 13.8. The SMILES string of the molecule is CCNCc1cccc(F)c1OCc1ccccc1. The summed E-state index contributed by atoms with van der Waals surface area (Å²) in [6.07, 6.45) is 0. The van der Waals surface area contributed by atoms with E-state index < -0.39 is 0 Å². The summed E-state index contributed by atoms with van der Waals surface area (Å²) >= 11 is 0. The molecule has 2 aromatic rings. The van der Waals surface area contributed by atoms with Gasteiger partial charge in [-0.25, -0.2) is 4.39 Å². The summed E-state index contributed by atoms with van der Waals surface area (Å²) in [5, 5.41) is 3.18. The van der Waals surface area contributed by atoms with Crippen LogP contribution in [0.15, 0.2) is 48.5 Å². The second-order valence-electron chi connectivity index (χ2n) is 4.28. The van der Waals surface area contributed by atoms with E-state index in [9.17, 15) is 4.39 Å². The van der Waals surface area contributed by atoms with E-state index in [4.69, 9.17) is 4.74 Å². The fourth-order valence-electron chi connectivity index (χ4n) is 1.84. The van der Waals surface area contributed by atoms with Crippen LogP contribution in [0.25, 0.3) is 0 Å². The van der Waals surface area contributed by atoms with Gasteiger partial charge in [-0.2, -0.15) is 0 Å². The van der Waals surface area contributed by atoms with Crippen LogP contribution < -0.4 is 10.1 Å². The first-order chi connectivity index (χ1) is 9.31. The van der Waals surface area contributed by atoms with E-state index in [1.165, 1.54) is 6.07 Å². The normalized spacial score (nSPS) is 10.4. The van der Waals surface area contributed by atoms with E-state index in [1.54, 1.807) is 6.07 Å². The number of benzene rings is 2. The summed E-state index contributed by atoms with van der Waals surface area (Å²) in [5.74, 6) is 0.0265. The molecule has 0 aliphatic rings. The molecule has 0 aliphatic carbocycles. The first-order valence-electron chi connectivity index (χ1n) is 6.46. The predicted molar refractivity (Wildman–Crippen MR) is 74.6 cm³/mol. The Labute approximate surface area is 113 Å². The summed E-state index contributed by atoms with van der Waals surface area (Å²) in [7, 11) is 0. The third kappa shape index (κ3) is 3.80. The van der Waals surface area contributed by atoms with E-state index in [0.29, 0.717) is 18.9 Å². The molecule has 3 heteroatoms. The van der Waals surface area contributed by atoms with Gasteiger partial charge in [-0.1, -0.05) is 49.4 Å². The van der Waals surface area contributed by atoms with Gasteiger partial charge in [-0.3, -0.25) is 0 Å². The van der Waals surface area contributed by atoms with Gasteiger partial charge in [0.15, 0.2) is 11.6 Å². The van der Waals surface area contributed by atoms with Crippen LogP contribution in [0.5, 0.6) is 5.75 Å². The number of para-hydroxylation sites is 1. The quantitative estimate of drug-likeness (QED) is 0.857. The van der Waals surface area contributed by atoms with Crippen LogP contribution in [0.1, 0.15) is 18.1 Å². The molecule has 0 bridgehead atoms. The standard InChI is InChI=1S/C16H18FNO/c1-2-18-11-14-9-6-10-15(17)16(14)19-12-13-7-4-3-5-8-13/h3-10,18H,2,11-12H2,1H3. The minimum Gasteiger partial charge on any atom is -0.485 e. The van der Waals surface area contributed by atoms with Crippen molar-refractivity contribution in [2.24, 2.45) is 0 Å². The highest BCUT2D eigenvalue weighted by molar-refractivity contribution is 5.35. The lowest BCUT2D eigenvalue weighted by Gasteiger charge is -2.12. The van der Waals surface area contributed by atoms with Crippen LogP contribution in [0.3, 0.4) is 0 Å². The van der Waals surface area contributed by atoms with Crippen molar-refractivity contribution in [3.8, 4) is 5.75 Å². The predicted octanol–water partition coefficient (Wildman–Crippen LogP) is 3.51. The third-order valence-electron chi connectivity index (χ3n) is 2.84. The second-order valence-corrected chi connectivity index (χ2v) is 4.28. The van der Waals surface area contributed by atoms with E-state index in [1.807, 2.05) is 43.3 Å². The summed E-state index contributed by atoms with van der Waals surface area (Å²) in [6, 6.07) is 14.8. The second kappa shape index (κ2) is 6.90. The number of ether oxygens (including phenoxy) is 1. The lowest BCUT2D eigenvalue weighted by molar-refractivity contribution is 0.286. The van der Waals surface area contributed by atoms with E-state index in [2.05, 4.69) is 5.32 Å². The third-order valence-corrected chi connectivity index (χ3v) is 2.84. The number of hydrogen-bond acceptors (Lipinski definition) is 2. The van der Waals surface area contributed by atoms with Gasteiger partial charge < -0.3 is 10.1 Å². The molecule has 0 heterocycles. The van der Waals surface area contributed by atoms with Crippen molar-refractivity contribution < 1.29 is 9.13 Å². The van der Waals surface area contributed by atoms with Gasteiger partial charge in [0, 0.05) is 12.1 Å². The van der Waals surface area contributed by atoms with Crippen LogP contribution in [0, 0.1) is 5.82 Å². The number of halogens is 1. The van der Waals surface area contributed by atoms with Gasteiger partial charge in [0.1, 0.15) is 6.61 Å². The fourth-order valence-corrected chi connectivity index (χ4v) is 1.84.